The van der Waals surface area contributed by atoms with E-state index >= 15 is 0 Å². The number of nitrogens with one attached hydrogen (secondary N) is 2. The molecular weight excluding hydrogens is 256 g/mol. The van der Waals surface area contributed by atoms with E-state index in [9.17, 15) is 14.9 Å². The van der Waals surface area contributed by atoms with Gasteiger partial charge in [-0.25, -0.2) is 4.98 Å². The van der Waals surface area contributed by atoms with Gasteiger partial charge in [0.05, 0.1) is 9.80 Å². The predicted molar refractivity (Wildman–Crippen MR) is 66.3 cm³/mol. The van der Waals surface area contributed by atoms with E-state index in [0.717, 1.165) is 6.20 Å². The Morgan fingerprint density at radius 2 is 2.22 bits per heavy atom. The van der Waals surface area contributed by atoms with Crippen LogP contribution < -0.4 is 10.9 Å². The van der Waals surface area contributed by atoms with Crippen LogP contribution in [0.1, 0.15) is 9.67 Å². The van der Waals surface area contributed by atoms with E-state index in [0.29, 0.717) is 10.7 Å². The molecule has 2 heterocycles. The molecule has 0 saturated carbocycles. The molecule has 2 aromatic rings. The van der Waals surface area contributed by atoms with Gasteiger partial charge in [-0.05, 0) is 17.5 Å². The highest BCUT2D eigenvalue weighted by Gasteiger charge is 2.07. The molecule has 2 N–H and O–H groups in total. The molecule has 0 saturated heterocycles. The smallest absolute Gasteiger partial charge is 0.282 e. The van der Waals surface area contributed by atoms with Crippen molar-refractivity contribution in [1.82, 2.24) is 10.4 Å². The number of pyridine rings is 1. The van der Waals surface area contributed by atoms with Crippen LogP contribution in [0.4, 0.5) is 11.5 Å². The molecule has 0 spiro atoms. The molecule has 0 aliphatic rings. The van der Waals surface area contributed by atoms with Gasteiger partial charge < -0.3 is 0 Å². The number of thiophene rings is 1. The number of rotatable bonds is 4. The number of nitro groups is 1. The van der Waals surface area contributed by atoms with E-state index in [1.807, 2.05) is 0 Å². The number of aromatic nitrogens is 1. The van der Waals surface area contributed by atoms with Crippen LogP contribution in [-0.2, 0) is 0 Å². The van der Waals surface area contributed by atoms with Crippen molar-refractivity contribution in [2.45, 2.75) is 0 Å². The van der Waals surface area contributed by atoms with Crippen molar-refractivity contribution in [1.29, 1.82) is 0 Å². The minimum Gasteiger partial charge on any atom is -0.282 e. The maximum Gasteiger partial charge on any atom is 0.287 e. The van der Waals surface area contributed by atoms with Gasteiger partial charge in [-0.15, -0.1) is 11.3 Å². The van der Waals surface area contributed by atoms with Crippen molar-refractivity contribution in [3.05, 3.63) is 50.8 Å². The first-order chi connectivity index (χ1) is 8.66. The zero-order valence-electron chi connectivity index (χ0n) is 8.99. The van der Waals surface area contributed by atoms with Crippen LogP contribution in [0.15, 0.2) is 35.8 Å². The summed E-state index contributed by atoms with van der Waals surface area (Å²) in [5.41, 5.74) is 4.91. The average Bonchev–Trinajstić information content (AvgIpc) is 2.90. The topological polar surface area (TPSA) is 97.2 Å². The lowest BCUT2D eigenvalue weighted by Crippen LogP contribution is -2.29. The van der Waals surface area contributed by atoms with Crippen LogP contribution in [0, 0.1) is 10.1 Å². The lowest BCUT2D eigenvalue weighted by Gasteiger charge is -2.05. The Morgan fingerprint density at radius 3 is 2.78 bits per heavy atom. The van der Waals surface area contributed by atoms with Crippen LogP contribution in [0.3, 0.4) is 0 Å². The summed E-state index contributed by atoms with van der Waals surface area (Å²) in [6.07, 6.45) is 1.11. The quantitative estimate of drug-likeness (QED) is 0.648. The molecule has 0 aliphatic carbocycles. The van der Waals surface area contributed by atoms with Crippen LogP contribution >= 0.6 is 11.3 Å². The molecule has 18 heavy (non-hydrogen) atoms. The SMILES string of the molecule is O=C(NNc1ccc([N+](=O)[O-])cn1)c1cccs1. The molecule has 0 unspecified atom stereocenters. The second-order valence-electron chi connectivity index (χ2n) is 3.22. The molecule has 1 amide bonds. The van der Waals surface area contributed by atoms with Gasteiger partial charge in [-0.2, -0.15) is 0 Å². The highest BCUT2D eigenvalue weighted by molar-refractivity contribution is 7.12. The molecule has 0 bridgehead atoms. The first-order valence-electron chi connectivity index (χ1n) is 4.87. The largest absolute Gasteiger partial charge is 0.287 e. The average molecular weight is 264 g/mol. The van der Waals surface area contributed by atoms with Gasteiger partial charge in [0.15, 0.2) is 0 Å². The standard InChI is InChI=1S/C10H8N4O3S/c15-10(8-2-1-5-18-8)13-12-9-4-3-7(6-11-9)14(16)17/h1-6H,(H,11,12)(H,13,15). The fraction of sp³-hybridized carbons (Fsp3) is 0. The normalized spacial score (nSPS) is 9.78. The minimum absolute atomic E-state index is 0.106. The number of anilines is 1. The van der Waals surface area contributed by atoms with Crippen molar-refractivity contribution in [2.75, 3.05) is 5.43 Å². The molecule has 8 heteroatoms. The minimum atomic E-state index is -0.541. The third-order valence-corrected chi connectivity index (χ3v) is 2.88. The summed E-state index contributed by atoms with van der Waals surface area (Å²) in [4.78, 5) is 25.8. The summed E-state index contributed by atoms with van der Waals surface area (Å²) < 4.78 is 0. The van der Waals surface area contributed by atoms with Crippen LogP contribution in [-0.4, -0.2) is 15.8 Å². The van der Waals surface area contributed by atoms with Gasteiger partial charge in [0.25, 0.3) is 11.6 Å². The van der Waals surface area contributed by atoms with Gasteiger partial charge in [0, 0.05) is 6.07 Å². The number of carbonyl (C=O) groups is 1. The van der Waals surface area contributed by atoms with Crippen molar-refractivity contribution in [2.24, 2.45) is 0 Å². The van der Waals surface area contributed by atoms with E-state index in [1.165, 1.54) is 23.5 Å². The number of hydrogen-bond acceptors (Lipinski definition) is 6. The zero-order valence-corrected chi connectivity index (χ0v) is 9.81. The molecule has 0 aromatic carbocycles. The molecule has 0 radical (unpaired) electrons. The molecule has 0 fully saturated rings. The van der Waals surface area contributed by atoms with Crippen LogP contribution in [0.25, 0.3) is 0 Å². The van der Waals surface area contributed by atoms with E-state index in [4.69, 9.17) is 0 Å². The first-order valence-corrected chi connectivity index (χ1v) is 5.75. The number of nitrogens with zero attached hydrogens (tertiary/aromatic N) is 2. The second kappa shape index (κ2) is 5.23. The molecule has 0 aliphatic heterocycles. The first kappa shape index (κ1) is 12.0. The van der Waals surface area contributed by atoms with Gasteiger partial charge in [-0.1, -0.05) is 6.07 Å². The molecule has 7 nitrogen and oxygen atoms in total. The molecule has 0 atom stereocenters. The Labute approximate surface area is 106 Å². The van der Waals surface area contributed by atoms with E-state index < -0.39 is 4.92 Å². The third kappa shape index (κ3) is 2.80. The van der Waals surface area contributed by atoms with E-state index in [2.05, 4.69) is 15.8 Å². The molecule has 2 rings (SSSR count). The predicted octanol–water partition coefficient (Wildman–Crippen LogP) is 1.81. The van der Waals surface area contributed by atoms with Crippen LogP contribution in [0.2, 0.25) is 0 Å². The van der Waals surface area contributed by atoms with E-state index in [1.54, 1.807) is 17.5 Å². The van der Waals surface area contributed by atoms with Crippen molar-refractivity contribution >= 4 is 28.7 Å². The molecule has 2 aromatic heterocycles. The Bertz CT molecular complexity index is 553. The monoisotopic (exact) mass is 264 g/mol. The number of hydrogen-bond donors (Lipinski definition) is 2. The summed E-state index contributed by atoms with van der Waals surface area (Å²) in [7, 11) is 0. The van der Waals surface area contributed by atoms with Crippen LogP contribution in [0.5, 0.6) is 0 Å². The summed E-state index contributed by atoms with van der Waals surface area (Å²) in [5.74, 6) is 0.0376. The summed E-state index contributed by atoms with van der Waals surface area (Å²) in [6.45, 7) is 0. The molecule has 92 valence electrons. The highest BCUT2D eigenvalue weighted by atomic mass is 32.1. The lowest BCUT2D eigenvalue weighted by atomic mass is 10.4. The number of carbonyl (C=O) groups excluding carboxylic acids is 1. The van der Waals surface area contributed by atoms with Gasteiger partial charge in [0.1, 0.15) is 12.0 Å². The summed E-state index contributed by atoms with van der Waals surface area (Å²) in [6, 6.07) is 6.16. The lowest BCUT2D eigenvalue weighted by molar-refractivity contribution is -0.385. The third-order valence-electron chi connectivity index (χ3n) is 2.01. The van der Waals surface area contributed by atoms with Crippen molar-refractivity contribution < 1.29 is 9.72 Å². The Hall–Kier alpha value is -2.48. The summed E-state index contributed by atoms with van der Waals surface area (Å²) >= 11 is 1.31. The fourth-order valence-electron chi connectivity index (χ4n) is 1.16. The Morgan fingerprint density at radius 1 is 1.39 bits per heavy atom. The Kier molecular flexibility index (Phi) is 3.49. The highest BCUT2D eigenvalue weighted by Crippen LogP contribution is 2.11. The summed E-state index contributed by atoms with van der Waals surface area (Å²) in [5, 5.41) is 12.2. The number of amides is 1. The van der Waals surface area contributed by atoms with Gasteiger partial charge in [-0.3, -0.25) is 25.8 Å². The second-order valence-corrected chi connectivity index (χ2v) is 4.16. The van der Waals surface area contributed by atoms with Crippen molar-refractivity contribution in [3.63, 3.8) is 0 Å². The maximum absolute atomic E-state index is 11.6. The van der Waals surface area contributed by atoms with Crippen molar-refractivity contribution in [3.8, 4) is 0 Å². The fourth-order valence-corrected chi connectivity index (χ4v) is 1.78. The molecular formula is C10H8N4O3S. The van der Waals surface area contributed by atoms with E-state index in [-0.39, 0.29) is 11.6 Å². The zero-order chi connectivity index (χ0) is 13.0. The number of hydrazine groups is 1. The Balaban J connectivity index is 1.94. The van der Waals surface area contributed by atoms with Gasteiger partial charge in [0.2, 0.25) is 0 Å². The maximum atomic E-state index is 11.6. The van der Waals surface area contributed by atoms with Gasteiger partial charge >= 0.3 is 0 Å².